The van der Waals surface area contributed by atoms with Gasteiger partial charge in [-0.2, -0.15) is 0 Å². The summed E-state index contributed by atoms with van der Waals surface area (Å²) in [6, 6.07) is 0. The normalized spacial score (nSPS) is 52.8. The predicted molar refractivity (Wildman–Crippen MR) is 279 cm³/mol. The third-order valence-electron chi connectivity index (χ3n) is 23.0. The number of fused-ring (bicyclic) bond motifs is 7. The lowest BCUT2D eigenvalue weighted by molar-refractivity contribution is -0.372. The zero-order valence-corrected chi connectivity index (χ0v) is 48.2. The second-order valence-corrected chi connectivity index (χ2v) is 27.4. The Morgan fingerprint density at radius 2 is 1.40 bits per heavy atom. The van der Waals surface area contributed by atoms with Crippen LogP contribution in [0.4, 0.5) is 0 Å². The smallest absolute Gasteiger partial charge is 0.308 e. The molecule has 9 aliphatic rings. The van der Waals surface area contributed by atoms with Gasteiger partial charge in [0.25, 0.3) is 0 Å². The molecule has 0 bridgehead atoms. The number of hydrogen-bond donors (Lipinski definition) is 12. The van der Waals surface area contributed by atoms with E-state index in [2.05, 4.69) is 40.7 Å². The molecule has 80 heavy (non-hydrogen) atoms. The van der Waals surface area contributed by atoms with Crippen molar-refractivity contribution in [1.29, 1.82) is 0 Å². The molecule has 0 amide bonds. The van der Waals surface area contributed by atoms with Crippen LogP contribution < -0.4 is 0 Å². The molecule has 6 aliphatic carbocycles. The van der Waals surface area contributed by atoms with E-state index in [1.54, 1.807) is 13.8 Å². The summed E-state index contributed by atoms with van der Waals surface area (Å²) in [6.07, 6.45) is -18.6. The van der Waals surface area contributed by atoms with Crippen molar-refractivity contribution in [2.75, 3.05) is 33.0 Å². The molecular formula is C58H94O22. The van der Waals surface area contributed by atoms with Gasteiger partial charge in [0.15, 0.2) is 12.6 Å². The van der Waals surface area contributed by atoms with Crippen LogP contribution in [0.5, 0.6) is 0 Å². The predicted octanol–water partition coefficient (Wildman–Crippen LogP) is 0.127. The SMILES string of the molecule is CCC(C)C(=O)OC[C@H]1[C@H](OC(C)=O)[C@@]2(CO)C(CC1(C)C)C1=CCC3C4(C)CC[C@H](O[C@@H]5O[C@H](C)[C@@H](O[C@@H]6O[C@H](CO)[C@@H](O)C(O)[C@H]6O)[C@H](O)[C@H]5OC5C[C@]56O[C@H](CO)[C@@H](O)[C@H](O)[C@H]6O)[C@](C)(CO)C4CC[C@@]3(C)[C@]1(C)C[C@H]2O. The van der Waals surface area contributed by atoms with Gasteiger partial charge in [-0.25, -0.2) is 0 Å². The molecule has 8 fully saturated rings. The Kier molecular flexibility index (Phi) is 17.5. The van der Waals surface area contributed by atoms with Crippen molar-refractivity contribution in [1.82, 2.24) is 0 Å². The Morgan fingerprint density at radius 1 is 0.725 bits per heavy atom. The highest BCUT2D eigenvalue weighted by Gasteiger charge is 2.74. The van der Waals surface area contributed by atoms with Crippen LogP contribution in [0.1, 0.15) is 127 Å². The van der Waals surface area contributed by atoms with Gasteiger partial charge in [0, 0.05) is 24.7 Å². The van der Waals surface area contributed by atoms with Crippen LogP contribution >= 0.6 is 0 Å². The van der Waals surface area contributed by atoms with E-state index >= 15 is 0 Å². The molecule has 29 atom stereocenters. The van der Waals surface area contributed by atoms with Crippen LogP contribution in [-0.4, -0.2) is 222 Å². The summed E-state index contributed by atoms with van der Waals surface area (Å²) in [5, 5.41) is 133. The Balaban J connectivity index is 0.999. The van der Waals surface area contributed by atoms with Crippen LogP contribution in [0.2, 0.25) is 0 Å². The third-order valence-corrected chi connectivity index (χ3v) is 23.0. The fourth-order valence-electron chi connectivity index (χ4n) is 17.6. The van der Waals surface area contributed by atoms with Crippen molar-refractivity contribution in [3.05, 3.63) is 11.6 Å². The van der Waals surface area contributed by atoms with Crippen molar-refractivity contribution in [2.24, 2.45) is 62.1 Å². The first-order valence-corrected chi connectivity index (χ1v) is 29.3. The molecule has 0 aromatic heterocycles. The minimum Gasteiger partial charge on any atom is -0.465 e. The quantitative estimate of drug-likeness (QED) is 0.0589. The molecule has 22 nitrogen and oxygen atoms in total. The molecule has 0 aromatic carbocycles. The van der Waals surface area contributed by atoms with Gasteiger partial charge < -0.3 is 99.2 Å². The molecular weight excluding hydrogens is 1050 g/mol. The minimum atomic E-state index is -1.82. The van der Waals surface area contributed by atoms with E-state index < -0.39 is 186 Å². The average molecular weight is 1140 g/mol. The summed E-state index contributed by atoms with van der Waals surface area (Å²) in [5.41, 5.74) is -4.69. The summed E-state index contributed by atoms with van der Waals surface area (Å²) >= 11 is 0. The number of aliphatic hydroxyl groups excluding tert-OH is 12. The van der Waals surface area contributed by atoms with Crippen molar-refractivity contribution in [3.63, 3.8) is 0 Å². The lowest BCUT2D eigenvalue weighted by Crippen LogP contribution is -2.71. The molecule has 9 rings (SSSR count). The number of allylic oxidation sites excluding steroid dienone is 2. The number of rotatable bonds is 15. The molecule has 3 aliphatic heterocycles. The van der Waals surface area contributed by atoms with Crippen molar-refractivity contribution < 1.29 is 109 Å². The summed E-state index contributed by atoms with van der Waals surface area (Å²) in [4.78, 5) is 26.1. The van der Waals surface area contributed by atoms with E-state index in [1.165, 1.54) is 6.92 Å². The van der Waals surface area contributed by atoms with E-state index in [0.717, 1.165) is 5.57 Å². The molecule has 0 radical (unpaired) electrons. The van der Waals surface area contributed by atoms with E-state index in [1.807, 2.05) is 13.8 Å². The maximum Gasteiger partial charge on any atom is 0.308 e. The second kappa shape index (κ2) is 22.3. The Bertz CT molecular complexity index is 2270. The topological polar surface area (TPSA) is 351 Å². The lowest BCUT2D eigenvalue weighted by atomic mass is 9.32. The summed E-state index contributed by atoms with van der Waals surface area (Å²) in [7, 11) is 0. The Labute approximate surface area is 469 Å². The Hall–Kier alpha value is -2.04. The summed E-state index contributed by atoms with van der Waals surface area (Å²) in [5.74, 6) is -2.28. The zero-order valence-electron chi connectivity index (χ0n) is 48.2. The number of carbonyl (C=O) groups is 2. The molecule has 12 N–H and O–H groups in total. The number of carbonyl (C=O) groups excluding carboxylic acids is 2. The molecule has 7 unspecified atom stereocenters. The molecule has 3 saturated heterocycles. The first-order valence-electron chi connectivity index (χ1n) is 29.3. The van der Waals surface area contributed by atoms with Gasteiger partial charge in [0.1, 0.15) is 78.8 Å². The number of hydrogen-bond acceptors (Lipinski definition) is 22. The first-order chi connectivity index (χ1) is 37.5. The van der Waals surface area contributed by atoms with E-state index in [4.69, 9.17) is 37.9 Å². The average Bonchev–Trinajstić information content (AvgIpc) is 4.04. The van der Waals surface area contributed by atoms with Gasteiger partial charge in [-0.3, -0.25) is 9.59 Å². The largest absolute Gasteiger partial charge is 0.465 e. The van der Waals surface area contributed by atoms with Crippen molar-refractivity contribution in [2.45, 2.75) is 243 Å². The van der Waals surface area contributed by atoms with Crippen LogP contribution in [-0.2, 0) is 47.5 Å². The second-order valence-electron chi connectivity index (χ2n) is 27.4. The molecule has 3 heterocycles. The van der Waals surface area contributed by atoms with Gasteiger partial charge in [-0.15, -0.1) is 0 Å². The first kappa shape index (κ1) is 62.5. The lowest BCUT2D eigenvalue weighted by Gasteiger charge is -2.73. The van der Waals surface area contributed by atoms with E-state index in [0.29, 0.717) is 44.9 Å². The van der Waals surface area contributed by atoms with Crippen LogP contribution in [0.3, 0.4) is 0 Å². The van der Waals surface area contributed by atoms with Gasteiger partial charge >= 0.3 is 11.9 Å². The number of ether oxygens (including phenoxy) is 8. The van der Waals surface area contributed by atoms with Crippen molar-refractivity contribution >= 4 is 11.9 Å². The number of aliphatic hydroxyl groups is 12. The summed E-state index contributed by atoms with van der Waals surface area (Å²) < 4.78 is 50.1. The molecule has 22 heteroatoms. The number of esters is 2. The Morgan fingerprint density at radius 3 is 2.02 bits per heavy atom. The fraction of sp³-hybridized carbons (Fsp3) is 0.931. The molecule has 0 aromatic rings. The van der Waals surface area contributed by atoms with E-state index in [9.17, 15) is 70.9 Å². The van der Waals surface area contributed by atoms with Crippen molar-refractivity contribution in [3.8, 4) is 0 Å². The highest BCUT2D eigenvalue weighted by Crippen LogP contribution is 2.76. The van der Waals surface area contributed by atoms with Gasteiger partial charge in [0.2, 0.25) is 0 Å². The van der Waals surface area contributed by atoms with E-state index in [-0.39, 0.29) is 49.8 Å². The molecule has 458 valence electrons. The minimum absolute atomic E-state index is 0.0329. The van der Waals surface area contributed by atoms with Gasteiger partial charge in [-0.1, -0.05) is 67.0 Å². The van der Waals surface area contributed by atoms with Crippen LogP contribution in [0.25, 0.3) is 0 Å². The fourth-order valence-corrected chi connectivity index (χ4v) is 17.6. The molecule has 5 saturated carbocycles. The third kappa shape index (κ3) is 9.59. The van der Waals surface area contributed by atoms with Crippen LogP contribution in [0, 0.1) is 62.1 Å². The zero-order chi connectivity index (χ0) is 58.8. The maximum absolute atomic E-state index is 13.1. The van der Waals surface area contributed by atoms with Crippen LogP contribution in [0.15, 0.2) is 11.6 Å². The molecule has 1 spiro atoms. The monoisotopic (exact) mass is 1140 g/mol. The highest BCUT2D eigenvalue weighted by molar-refractivity contribution is 5.72. The maximum atomic E-state index is 13.1. The van der Waals surface area contributed by atoms with Gasteiger partial charge in [-0.05, 0) is 97.7 Å². The highest BCUT2D eigenvalue weighted by atomic mass is 16.8. The summed E-state index contributed by atoms with van der Waals surface area (Å²) in [6.45, 7) is 17.4. The standard InChI is InChI=1S/C58H94O22/c1-11-26(2)49(72)73-23-31-48(75-28(4)63)57(25-62)30(18-52(31,5)6)29-12-13-35-53(7)16-15-37(54(8,24-61)34(53)14-17-55(35,9)56(29,10)19-36(57)64)78-51-46(77-38-20-58(38)47(71)42(68)40(66)33(22-60)80-58)44(70)45(27(3)74-51)79-50-43(69)41(67)39(65)32(21-59)76-50/h12,26-27,30-48,50-51,59-62,64-71H,11,13-25H2,1-10H3/t26?,27-,30?,31+,32-,33-,34?,35?,36-,37+,38?,39-,40-,41?,42+,43-,44+,45-,46-,47-,48+,50+,51+,53?,54-,55-,56-,57+,58+/m1/s1. The van der Waals surface area contributed by atoms with Gasteiger partial charge in [0.05, 0.1) is 68.8 Å².